The zero-order valence-corrected chi connectivity index (χ0v) is 14.9. The average Bonchev–Trinajstić information content (AvgIpc) is 3.04. The maximum absolute atomic E-state index is 13.3. The van der Waals surface area contributed by atoms with Crippen molar-refractivity contribution in [2.24, 2.45) is 0 Å². The van der Waals surface area contributed by atoms with E-state index in [9.17, 15) is 17.6 Å². The van der Waals surface area contributed by atoms with E-state index in [1.165, 1.54) is 18.4 Å². The Morgan fingerprint density at radius 2 is 2.17 bits per heavy atom. The van der Waals surface area contributed by atoms with Gasteiger partial charge in [0.15, 0.2) is 0 Å². The van der Waals surface area contributed by atoms with Crippen molar-refractivity contribution in [2.45, 2.75) is 17.4 Å². The normalized spacial score (nSPS) is 18.2. The van der Waals surface area contributed by atoms with Gasteiger partial charge in [-0.1, -0.05) is 11.6 Å². The van der Waals surface area contributed by atoms with E-state index in [4.69, 9.17) is 16.3 Å². The van der Waals surface area contributed by atoms with Gasteiger partial charge in [0, 0.05) is 11.4 Å². The molecule has 9 heteroatoms. The summed E-state index contributed by atoms with van der Waals surface area (Å²) in [7, 11) is -2.83. The fourth-order valence-corrected chi connectivity index (χ4v) is 5.42. The molecule has 1 aromatic carbocycles. The number of ether oxygens (including phenoxy) is 1. The summed E-state index contributed by atoms with van der Waals surface area (Å²) in [6.45, 7) is 0.130. The molecule has 0 amide bonds. The van der Waals surface area contributed by atoms with Crippen LogP contribution < -0.4 is 0 Å². The number of carbonyl (C=O) groups excluding carboxylic acids is 1. The average molecular weight is 390 g/mol. The highest BCUT2D eigenvalue weighted by Gasteiger charge is 2.42. The van der Waals surface area contributed by atoms with Gasteiger partial charge < -0.3 is 4.74 Å². The monoisotopic (exact) mass is 389 g/mol. The van der Waals surface area contributed by atoms with E-state index < -0.39 is 27.9 Å². The third-order valence-electron chi connectivity index (χ3n) is 3.84. The van der Waals surface area contributed by atoms with Gasteiger partial charge in [0.05, 0.1) is 17.0 Å². The molecule has 128 valence electrons. The lowest BCUT2D eigenvalue weighted by atomic mass is 10.0. The van der Waals surface area contributed by atoms with E-state index in [1.54, 1.807) is 6.07 Å². The zero-order chi connectivity index (χ0) is 17.5. The van der Waals surface area contributed by atoms with Gasteiger partial charge in [0.1, 0.15) is 11.9 Å². The van der Waals surface area contributed by atoms with Crippen LogP contribution in [0.4, 0.5) is 4.39 Å². The number of fused-ring (bicyclic) bond motifs is 1. The first-order chi connectivity index (χ1) is 11.4. The van der Waals surface area contributed by atoms with E-state index in [2.05, 4.69) is 0 Å². The van der Waals surface area contributed by atoms with Crippen molar-refractivity contribution in [1.82, 2.24) is 4.31 Å². The van der Waals surface area contributed by atoms with Gasteiger partial charge in [-0.3, -0.25) is 0 Å². The molecule has 0 aliphatic carbocycles. The highest BCUT2D eigenvalue weighted by atomic mass is 35.5. The topological polar surface area (TPSA) is 63.7 Å². The van der Waals surface area contributed by atoms with Crippen LogP contribution in [0.5, 0.6) is 0 Å². The molecule has 0 saturated heterocycles. The van der Waals surface area contributed by atoms with Gasteiger partial charge in [0.25, 0.3) is 0 Å². The molecule has 1 aromatic heterocycles. The highest BCUT2D eigenvalue weighted by Crippen LogP contribution is 2.37. The lowest BCUT2D eigenvalue weighted by Crippen LogP contribution is -2.43. The number of sulfonamides is 1. The molecule has 0 N–H and O–H groups in total. The Bertz CT molecular complexity index is 897. The Labute approximate surface area is 147 Å². The number of rotatable bonds is 3. The summed E-state index contributed by atoms with van der Waals surface area (Å²) in [6.07, 6.45) is 0.495. The number of thiophene rings is 1. The van der Waals surface area contributed by atoms with Gasteiger partial charge in [0.2, 0.25) is 10.0 Å². The van der Waals surface area contributed by atoms with Crippen LogP contribution in [0.25, 0.3) is 0 Å². The first-order valence-electron chi connectivity index (χ1n) is 6.97. The fraction of sp³-hybridized carbons (Fsp3) is 0.267. The van der Waals surface area contributed by atoms with Crippen molar-refractivity contribution in [1.29, 1.82) is 0 Å². The second-order valence-electron chi connectivity index (χ2n) is 5.17. The predicted octanol–water partition coefficient (Wildman–Crippen LogP) is 3.00. The molecule has 2 heterocycles. The molecule has 0 spiro atoms. The molecule has 5 nitrogen and oxygen atoms in total. The third kappa shape index (κ3) is 2.83. The Balaban J connectivity index is 2.09. The van der Waals surface area contributed by atoms with Crippen molar-refractivity contribution in [3.8, 4) is 0 Å². The molecular formula is C15H13ClFNO4S2. The summed E-state index contributed by atoms with van der Waals surface area (Å²) in [6, 6.07) is 3.83. The minimum absolute atomic E-state index is 0.130. The number of benzene rings is 1. The number of esters is 1. The van der Waals surface area contributed by atoms with Crippen molar-refractivity contribution >= 4 is 38.9 Å². The minimum atomic E-state index is -4.04. The first-order valence-corrected chi connectivity index (χ1v) is 9.67. The molecule has 2 aromatic rings. The number of hydrogen-bond acceptors (Lipinski definition) is 5. The van der Waals surface area contributed by atoms with Gasteiger partial charge >= 0.3 is 5.97 Å². The maximum atomic E-state index is 13.3. The van der Waals surface area contributed by atoms with Crippen molar-refractivity contribution in [3.05, 3.63) is 50.9 Å². The second kappa shape index (κ2) is 6.44. The summed E-state index contributed by atoms with van der Waals surface area (Å²) in [5.74, 6) is -1.37. The Morgan fingerprint density at radius 3 is 2.83 bits per heavy atom. The standard InChI is InChI=1S/C15H13ClFNO4S2/c1-22-15(19)14-10-5-7-23-13(10)4-6-18(14)24(20,21)9-2-3-12(17)11(16)8-9/h2-3,5,7-8,14H,4,6H2,1H3. The molecule has 0 saturated carbocycles. The van der Waals surface area contributed by atoms with E-state index in [0.717, 1.165) is 27.4 Å². The quantitative estimate of drug-likeness (QED) is 0.757. The number of nitrogens with zero attached hydrogens (tertiary/aromatic N) is 1. The molecule has 0 bridgehead atoms. The van der Waals surface area contributed by atoms with Gasteiger partial charge in [-0.2, -0.15) is 4.31 Å². The number of hydrogen-bond donors (Lipinski definition) is 0. The minimum Gasteiger partial charge on any atom is -0.468 e. The molecule has 1 unspecified atom stereocenters. The van der Waals surface area contributed by atoms with Crippen molar-refractivity contribution < 1.29 is 22.3 Å². The summed E-state index contributed by atoms with van der Waals surface area (Å²) >= 11 is 7.17. The van der Waals surface area contributed by atoms with Crippen LogP contribution in [0.15, 0.2) is 34.5 Å². The highest BCUT2D eigenvalue weighted by molar-refractivity contribution is 7.89. The lowest BCUT2D eigenvalue weighted by Gasteiger charge is -2.33. The van der Waals surface area contributed by atoms with Crippen LogP contribution in [-0.2, 0) is 26.0 Å². The molecule has 24 heavy (non-hydrogen) atoms. The van der Waals surface area contributed by atoms with Crippen molar-refractivity contribution in [3.63, 3.8) is 0 Å². The van der Waals surface area contributed by atoms with Crippen LogP contribution in [0.2, 0.25) is 5.02 Å². The summed E-state index contributed by atoms with van der Waals surface area (Å²) < 4.78 is 45.1. The molecule has 1 atom stereocenters. The zero-order valence-electron chi connectivity index (χ0n) is 12.5. The molecule has 0 radical (unpaired) electrons. The van der Waals surface area contributed by atoms with E-state index in [1.807, 2.05) is 5.38 Å². The summed E-state index contributed by atoms with van der Waals surface area (Å²) in [5.41, 5.74) is 0.620. The fourth-order valence-electron chi connectivity index (χ4n) is 2.68. The number of carbonyl (C=O) groups is 1. The smallest absolute Gasteiger partial charge is 0.328 e. The molecule has 1 aliphatic rings. The van der Waals surface area contributed by atoms with Crippen LogP contribution >= 0.6 is 22.9 Å². The van der Waals surface area contributed by atoms with Gasteiger partial charge in [-0.15, -0.1) is 11.3 Å². The summed E-state index contributed by atoms with van der Waals surface area (Å²) in [4.78, 5) is 13.0. The Morgan fingerprint density at radius 1 is 1.42 bits per heavy atom. The first kappa shape index (κ1) is 17.3. The van der Waals surface area contributed by atoms with E-state index >= 15 is 0 Å². The molecule has 3 rings (SSSR count). The summed E-state index contributed by atoms with van der Waals surface area (Å²) in [5, 5.41) is 1.52. The van der Waals surface area contributed by atoms with Crippen LogP contribution in [0.1, 0.15) is 16.5 Å². The lowest BCUT2D eigenvalue weighted by molar-refractivity contribution is -0.145. The van der Waals surface area contributed by atoms with Gasteiger partial charge in [-0.05, 0) is 41.6 Å². The van der Waals surface area contributed by atoms with Crippen LogP contribution in [0, 0.1) is 5.82 Å². The maximum Gasteiger partial charge on any atom is 0.328 e. The molecule has 0 fully saturated rings. The van der Waals surface area contributed by atoms with E-state index in [0.29, 0.717) is 12.0 Å². The number of halogens is 2. The van der Waals surface area contributed by atoms with E-state index in [-0.39, 0.29) is 16.5 Å². The van der Waals surface area contributed by atoms with Crippen molar-refractivity contribution in [2.75, 3.05) is 13.7 Å². The van der Waals surface area contributed by atoms with Crippen LogP contribution in [-0.4, -0.2) is 32.3 Å². The SMILES string of the molecule is COC(=O)C1c2ccsc2CCN1S(=O)(=O)c1ccc(F)c(Cl)c1. The molecule has 1 aliphatic heterocycles. The Hall–Kier alpha value is -1.48. The predicted molar refractivity (Wildman–Crippen MR) is 88.1 cm³/mol. The molecular weight excluding hydrogens is 377 g/mol. The van der Waals surface area contributed by atoms with Crippen LogP contribution in [0.3, 0.4) is 0 Å². The second-order valence-corrected chi connectivity index (χ2v) is 8.46. The Kier molecular flexibility index (Phi) is 4.65. The number of methoxy groups -OCH3 is 1. The largest absolute Gasteiger partial charge is 0.468 e. The third-order valence-corrected chi connectivity index (χ3v) is 6.99. The van der Waals surface area contributed by atoms with Gasteiger partial charge in [-0.25, -0.2) is 17.6 Å².